The average Bonchev–Trinajstić information content (AvgIpc) is 2.88. The Labute approximate surface area is 120 Å². The lowest BCUT2D eigenvalue weighted by Gasteiger charge is -2.29. The Hall–Kier alpha value is -0.510. The van der Waals surface area contributed by atoms with Gasteiger partial charge < -0.3 is 10.1 Å². The topological polar surface area (TPSA) is 21.3 Å². The minimum atomic E-state index is 0.619. The first-order chi connectivity index (χ1) is 9.33. The predicted molar refractivity (Wildman–Crippen MR) is 80.8 cm³/mol. The molecule has 0 aromatic heterocycles. The third kappa shape index (κ3) is 3.33. The van der Waals surface area contributed by atoms with Crippen molar-refractivity contribution in [1.82, 2.24) is 5.32 Å². The zero-order chi connectivity index (χ0) is 13.1. The zero-order valence-corrected chi connectivity index (χ0v) is 12.4. The molecule has 2 aliphatic heterocycles. The van der Waals surface area contributed by atoms with Gasteiger partial charge in [-0.1, -0.05) is 18.2 Å². The van der Waals surface area contributed by atoms with E-state index in [2.05, 4.69) is 36.5 Å². The number of rotatable bonds is 4. The van der Waals surface area contributed by atoms with E-state index < -0.39 is 0 Å². The highest BCUT2D eigenvalue weighted by Crippen LogP contribution is 2.36. The van der Waals surface area contributed by atoms with Crippen LogP contribution in [0.1, 0.15) is 25.3 Å². The predicted octanol–water partition coefficient (Wildman–Crippen LogP) is 3.11. The molecule has 2 heterocycles. The highest BCUT2D eigenvalue weighted by Gasteiger charge is 2.24. The first-order valence-electron chi connectivity index (χ1n) is 7.38. The fourth-order valence-electron chi connectivity index (χ4n) is 3.07. The molecule has 0 amide bonds. The Morgan fingerprint density at radius 3 is 2.89 bits per heavy atom. The molecule has 2 aliphatic rings. The monoisotopic (exact) mass is 277 g/mol. The number of nitrogens with one attached hydrogen (secondary N) is 1. The van der Waals surface area contributed by atoms with E-state index in [0.717, 1.165) is 25.7 Å². The molecule has 0 saturated carbocycles. The molecule has 1 aromatic rings. The number of hydrogen-bond acceptors (Lipinski definition) is 3. The van der Waals surface area contributed by atoms with Crippen LogP contribution >= 0.6 is 11.8 Å². The molecule has 2 nitrogen and oxygen atoms in total. The Morgan fingerprint density at radius 2 is 2.11 bits per heavy atom. The number of thioether (sulfide) groups is 1. The van der Waals surface area contributed by atoms with E-state index in [9.17, 15) is 0 Å². The maximum atomic E-state index is 5.44. The molecule has 1 saturated heterocycles. The summed E-state index contributed by atoms with van der Waals surface area (Å²) in [7, 11) is 0. The standard InChI is InChI=1S/C16H23NOS/c1-12(13-6-8-18-9-7-13)17-11-15-10-14-4-2-3-5-16(14)19-15/h2-5,12-13,15,17H,6-11H2,1H3. The van der Waals surface area contributed by atoms with Crippen molar-refractivity contribution in [3.63, 3.8) is 0 Å². The van der Waals surface area contributed by atoms with Gasteiger partial charge >= 0.3 is 0 Å². The summed E-state index contributed by atoms with van der Waals surface area (Å²) in [6.45, 7) is 5.35. The smallest absolute Gasteiger partial charge is 0.0469 e. The number of hydrogen-bond donors (Lipinski definition) is 1. The lowest BCUT2D eigenvalue weighted by Crippen LogP contribution is -2.39. The Balaban J connectivity index is 1.46. The van der Waals surface area contributed by atoms with Gasteiger partial charge in [-0.05, 0) is 43.7 Å². The molecular weight excluding hydrogens is 254 g/mol. The molecule has 0 spiro atoms. The van der Waals surface area contributed by atoms with E-state index in [-0.39, 0.29) is 0 Å². The van der Waals surface area contributed by atoms with Crippen LogP contribution in [0.15, 0.2) is 29.2 Å². The van der Waals surface area contributed by atoms with Crippen molar-refractivity contribution in [3.05, 3.63) is 29.8 Å². The van der Waals surface area contributed by atoms with Crippen molar-refractivity contribution in [3.8, 4) is 0 Å². The minimum absolute atomic E-state index is 0.619. The van der Waals surface area contributed by atoms with E-state index in [1.54, 1.807) is 0 Å². The van der Waals surface area contributed by atoms with Gasteiger partial charge in [-0.15, -0.1) is 11.8 Å². The Morgan fingerprint density at radius 1 is 1.32 bits per heavy atom. The molecule has 2 atom stereocenters. The van der Waals surface area contributed by atoms with Gasteiger partial charge in [0.15, 0.2) is 0 Å². The Kier molecular flexibility index (Phi) is 4.46. The quantitative estimate of drug-likeness (QED) is 0.914. The summed E-state index contributed by atoms with van der Waals surface area (Å²) >= 11 is 2.04. The molecule has 0 radical (unpaired) electrons. The van der Waals surface area contributed by atoms with Crippen molar-refractivity contribution < 1.29 is 4.74 Å². The summed E-state index contributed by atoms with van der Waals surface area (Å²) in [6.07, 6.45) is 3.65. The van der Waals surface area contributed by atoms with E-state index in [1.807, 2.05) is 11.8 Å². The third-order valence-electron chi connectivity index (χ3n) is 4.35. The van der Waals surface area contributed by atoms with Gasteiger partial charge in [-0.2, -0.15) is 0 Å². The average molecular weight is 277 g/mol. The summed E-state index contributed by atoms with van der Waals surface area (Å²) in [5.41, 5.74) is 1.53. The second-order valence-electron chi connectivity index (χ2n) is 5.70. The molecule has 19 heavy (non-hydrogen) atoms. The molecule has 0 aliphatic carbocycles. The second-order valence-corrected chi connectivity index (χ2v) is 7.04. The fraction of sp³-hybridized carbons (Fsp3) is 0.625. The second kappa shape index (κ2) is 6.29. The van der Waals surface area contributed by atoms with Crippen LogP contribution in [0.4, 0.5) is 0 Å². The summed E-state index contributed by atoms with van der Waals surface area (Å²) in [4.78, 5) is 1.48. The number of ether oxygens (including phenoxy) is 1. The normalized spacial score (nSPS) is 25.2. The van der Waals surface area contributed by atoms with Crippen molar-refractivity contribution in [2.75, 3.05) is 19.8 Å². The zero-order valence-electron chi connectivity index (χ0n) is 11.6. The van der Waals surface area contributed by atoms with Crippen molar-refractivity contribution in [1.29, 1.82) is 0 Å². The number of fused-ring (bicyclic) bond motifs is 1. The lowest BCUT2D eigenvalue weighted by molar-refractivity contribution is 0.0560. The summed E-state index contributed by atoms with van der Waals surface area (Å²) in [5, 5.41) is 4.46. The van der Waals surface area contributed by atoms with Gasteiger partial charge in [0, 0.05) is 35.9 Å². The van der Waals surface area contributed by atoms with Crippen LogP contribution in [0.3, 0.4) is 0 Å². The van der Waals surface area contributed by atoms with Crippen molar-refractivity contribution in [2.24, 2.45) is 5.92 Å². The van der Waals surface area contributed by atoms with Gasteiger partial charge in [0.25, 0.3) is 0 Å². The summed E-state index contributed by atoms with van der Waals surface area (Å²) in [6, 6.07) is 9.44. The molecule has 1 N–H and O–H groups in total. The van der Waals surface area contributed by atoms with Gasteiger partial charge in [0.2, 0.25) is 0 Å². The molecule has 1 aromatic carbocycles. The van der Waals surface area contributed by atoms with Crippen LogP contribution in [0.25, 0.3) is 0 Å². The molecule has 0 bridgehead atoms. The van der Waals surface area contributed by atoms with Crippen LogP contribution in [0.5, 0.6) is 0 Å². The van der Waals surface area contributed by atoms with Crippen LogP contribution in [0.2, 0.25) is 0 Å². The van der Waals surface area contributed by atoms with Crippen LogP contribution < -0.4 is 5.32 Å². The van der Waals surface area contributed by atoms with Gasteiger partial charge in [0.1, 0.15) is 0 Å². The summed E-state index contributed by atoms with van der Waals surface area (Å²) in [5.74, 6) is 0.794. The lowest BCUT2D eigenvalue weighted by atomic mass is 9.93. The highest BCUT2D eigenvalue weighted by atomic mass is 32.2. The molecule has 104 valence electrons. The maximum absolute atomic E-state index is 5.44. The van der Waals surface area contributed by atoms with E-state index in [4.69, 9.17) is 4.74 Å². The van der Waals surface area contributed by atoms with Crippen LogP contribution in [-0.2, 0) is 11.2 Å². The first kappa shape index (κ1) is 13.5. The van der Waals surface area contributed by atoms with Crippen LogP contribution in [-0.4, -0.2) is 31.1 Å². The fourth-order valence-corrected chi connectivity index (χ4v) is 4.33. The largest absolute Gasteiger partial charge is 0.381 e. The van der Waals surface area contributed by atoms with Gasteiger partial charge in [-0.25, -0.2) is 0 Å². The molecule has 3 heteroatoms. The minimum Gasteiger partial charge on any atom is -0.381 e. The summed E-state index contributed by atoms with van der Waals surface area (Å²) < 4.78 is 5.44. The van der Waals surface area contributed by atoms with E-state index in [0.29, 0.717) is 11.3 Å². The SMILES string of the molecule is CC(NCC1Cc2ccccc2S1)C1CCOCC1. The van der Waals surface area contributed by atoms with Gasteiger partial charge in [-0.3, -0.25) is 0 Å². The van der Waals surface area contributed by atoms with Crippen molar-refractivity contribution >= 4 is 11.8 Å². The third-order valence-corrected chi connectivity index (χ3v) is 5.67. The van der Waals surface area contributed by atoms with Crippen molar-refractivity contribution in [2.45, 2.75) is 42.4 Å². The molecule has 1 fully saturated rings. The molecule has 3 rings (SSSR count). The number of benzene rings is 1. The Bertz CT molecular complexity index is 392. The van der Waals surface area contributed by atoms with Gasteiger partial charge in [0.05, 0.1) is 0 Å². The first-order valence-corrected chi connectivity index (χ1v) is 8.26. The highest BCUT2D eigenvalue weighted by molar-refractivity contribution is 8.00. The molecule has 2 unspecified atom stereocenters. The molecular formula is C16H23NOS. The maximum Gasteiger partial charge on any atom is 0.0469 e. The van der Waals surface area contributed by atoms with E-state index in [1.165, 1.54) is 29.7 Å². The van der Waals surface area contributed by atoms with Crippen LogP contribution in [0, 0.1) is 5.92 Å². The van der Waals surface area contributed by atoms with E-state index >= 15 is 0 Å².